The maximum Gasteiger partial charge on any atom is 0.294 e. The Morgan fingerprint density at radius 2 is 1.73 bits per heavy atom. The van der Waals surface area contributed by atoms with Crippen LogP contribution in [0.25, 0.3) is 10.8 Å². The molecule has 0 saturated heterocycles. The Balaban J connectivity index is 1.58. The summed E-state index contributed by atoms with van der Waals surface area (Å²) in [5.41, 5.74) is 8.17. The van der Waals surface area contributed by atoms with Gasteiger partial charge in [-0.1, -0.05) is 12.1 Å². The van der Waals surface area contributed by atoms with E-state index in [4.69, 9.17) is 10.3 Å². The quantitative estimate of drug-likeness (QED) is 0.300. The Kier molecular flexibility index (Phi) is 5.01. The minimum atomic E-state index is -4.16. The van der Waals surface area contributed by atoms with E-state index in [-0.39, 0.29) is 10.6 Å². The van der Waals surface area contributed by atoms with E-state index in [1.165, 1.54) is 12.1 Å². The molecule has 6 nitrogen and oxygen atoms in total. The van der Waals surface area contributed by atoms with Gasteiger partial charge in [-0.25, -0.2) is 0 Å². The van der Waals surface area contributed by atoms with E-state index in [0.717, 1.165) is 34.9 Å². The number of anilines is 2. The lowest BCUT2D eigenvalue weighted by Gasteiger charge is -2.09. The molecule has 3 aromatic carbocycles. The van der Waals surface area contributed by atoms with Crippen LogP contribution in [0.2, 0.25) is 0 Å². The summed E-state index contributed by atoms with van der Waals surface area (Å²) in [7, 11) is -4.16. The number of benzene rings is 3. The fraction of sp³-hybridized carbons (Fsp3) is 0.158. The fourth-order valence-electron chi connectivity index (χ4n) is 2.83. The van der Waals surface area contributed by atoms with Gasteiger partial charge in [0.25, 0.3) is 10.1 Å². The van der Waals surface area contributed by atoms with E-state index in [0.29, 0.717) is 12.2 Å². The third-order valence-corrected chi connectivity index (χ3v) is 5.01. The van der Waals surface area contributed by atoms with Crippen molar-refractivity contribution in [3.8, 4) is 5.75 Å². The summed E-state index contributed by atoms with van der Waals surface area (Å²) in [6.07, 6.45) is 1.62. The van der Waals surface area contributed by atoms with Crippen molar-refractivity contribution in [1.29, 1.82) is 0 Å². The summed E-state index contributed by atoms with van der Waals surface area (Å²) in [5, 5.41) is 15.0. The molecule has 7 heteroatoms. The van der Waals surface area contributed by atoms with Crippen molar-refractivity contribution in [2.45, 2.75) is 17.7 Å². The second-order valence-corrected chi connectivity index (χ2v) is 7.55. The van der Waals surface area contributed by atoms with Crippen LogP contribution in [0, 0.1) is 0 Å². The van der Waals surface area contributed by atoms with Crippen molar-refractivity contribution >= 4 is 32.3 Å². The van der Waals surface area contributed by atoms with E-state index in [9.17, 15) is 13.5 Å². The number of aryl methyl sites for hydroxylation is 1. The first kappa shape index (κ1) is 18.0. The minimum absolute atomic E-state index is 0.129. The molecule has 0 amide bonds. The van der Waals surface area contributed by atoms with E-state index in [2.05, 4.69) is 5.32 Å². The van der Waals surface area contributed by atoms with Gasteiger partial charge in [-0.2, -0.15) is 8.42 Å². The van der Waals surface area contributed by atoms with Crippen molar-refractivity contribution in [1.82, 2.24) is 0 Å². The van der Waals surface area contributed by atoms with Gasteiger partial charge in [0, 0.05) is 23.3 Å². The molecular formula is C19H20N2O4S. The zero-order valence-corrected chi connectivity index (χ0v) is 14.8. The predicted molar refractivity (Wildman–Crippen MR) is 103 cm³/mol. The second-order valence-electron chi connectivity index (χ2n) is 6.13. The molecule has 0 spiro atoms. The molecule has 0 heterocycles. The van der Waals surface area contributed by atoms with Gasteiger partial charge >= 0.3 is 0 Å². The first-order chi connectivity index (χ1) is 12.3. The molecule has 0 fully saturated rings. The van der Waals surface area contributed by atoms with E-state index in [1.807, 2.05) is 18.2 Å². The summed E-state index contributed by atoms with van der Waals surface area (Å²) in [4.78, 5) is -0.129. The number of rotatable bonds is 6. The zero-order valence-electron chi connectivity index (χ0n) is 14.0. The molecule has 26 heavy (non-hydrogen) atoms. The van der Waals surface area contributed by atoms with Crippen LogP contribution in [-0.4, -0.2) is 24.6 Å². The van der Waals surface area contributed by atoms with Crippen LogP contribution < -0.4 is 11.1 Å². The van der Waals surface area contributed by atoms with Crippen LogP contribution in [0.5, 0.6) is 5.75 Å². The lowest BCUT2D eigenvalue weighted by atomic mass is 10.0. The monoisotopic (exact) mass is 372 g/mol. The number of hydrogen-bond donors (Lipinski definition) is 4. The lowest BCUT2D eigenvalue weighted by Crippen LogP contribution is -2.04. The van der Waals surface area contributed by atoms with Crippen LogP contribution in [0.4, 0.5) is 11.4 Å². The SMILES string of the molecule is Nc1ccc2cc(CCCNc3ccc(S(=O)(=O)O)cc3)cc(O)c2c1. The number of nitrogens with one attached hydrogen (secondary N) is 1. The highest BCUT2D eigenvalue weighted by Gasteiger charge is 2.08. The van der Waals surface area contributed by atoms with E-state index < -0.39 is 10.1 Å². The maximum atomic E-state index is 11.0. The van der Waals surface area contributed by atoms with E-state index >= 15 is 0 Å². The molecule has 3 rings (SSSR count). The molecule has 0 saturated carbocycles. The van der Waals surface area contributed by atoms with Gasteiger partial charge in [0.1, 0.15) is 5.75 Å². The van der Waals surface area contributed by atoms with Crippen molar-refractivity contribution in [2.75, 3.05) is 17.6 Å². The molecule has 5 N–H and O–H groups in total. The average Bonchev–Trinajstić information content (AvgIpc) is 2.59. The minimum Gasteiger partial charge on any atom is -0.507 e. The van der Waals surface area contributed by atoms with Gasteiger partial charge in [0.2, 0.25) is 0 Å². The first-order valence-electron chi connectivity index (χ1n) is 8.15. The van der Waals surface area contributed by atoms with Crippen LogP contribution in [-0.2, 0) is 16.5 Å². The van der Waals surface area contributed by atoms with Crippen molar-refractivity contribution in [2.24, 2.45) is 0 Å². The highest BCUT2D eigenvalue weighted by Crippen LogP contribution is 2.28. The summed E-state index contributed by atoms with van der Waals surface area (Å²) in [5.74, 6) is 0.221. The molecule has 0 aliphatic heterocycles. The molecule has 0 radical (unpaired) electrons. The third-order valence-electron chi connectivity index (χ3n) is 4.14. The Hall–Kier alpha value is -2.77. The molecular weight excluding hydrogens is 352 g/mol. The number of aromatic hydroxyl groups is 1. The molecule has 136 valence electrons. The molecule has 3 aromatic rings. The Bertz CT molecular complexity index is 1030. The Morgan fingerprint density at radius 3 is 2.42 bits per heavy atom. The van der Waals surface area contributed by atoms with Gasteiger partial charge in [0.05, 0.1) is 4.90 Å². The number of nitrogen functional groups attached to an aromatic ring is 1. The maximum absolute atomic E-state index is 11.0. The Morgan fingerprint density at radius 1 is 1.00 bits per heavy atom. The van der Waals surface area contributed by atoms with Gasteiger partial charge in [-0.15, -0.1) is 0 Å². The van der Waals surface area contributed by atoms with Gasteiger partial charge in [-0.05, 0) is 66.3 Å². The number of fused-ring (bicyclic) bond motifs is 1. The average molecular weight is 372 g/mol. The summed E-state index contributed by atoms with van der Waals surface area (Å²) in [6, 6.07) is 15.2. The Labute approximate surface area is 152 Å². The number of phenols is 1. The number of phenolic OH excluding ortho intramolecular Hbond substituents is 1. The van der Waals surface area contributed by atoms with Crippen molar-refractivity contribution in [3.05, 3.63) is 60.2 Å². The molecule has 0 aliphatic carbocycles. The van der Waals surface area contributed by atoms with Gasteiger partial charge in [-0.3, -0.25) is 4.55 Å². The number of nitrogens with two attached hydrogens (primary N) is 1. The van der Waals surface area contributed by atoms with Crippen molar-refractivity contribution in [3.63, 3.8) is 0 Å². The molecule has 0 bridgehead atoms. The molecule has 0 aromatic heterocycles. The van der Waals surface area contributed by atoms with Gasteiger partial charge in [0.15, 0.2) is 0 Å². The predicted octanol–water partition coefficient (Wildman–Crippen LogP) is 3.42. The third kappa shape index (κ3) is 4.25. The van der Waals surface area contributed by atoms with Crippen LogP contribution in [0.3, 0.4) is 0 Å². The van der Waals surface area contributed by atoms with Crippen molar-refractivity contribution < 1.29 is 18.1 Å². The molecule has 0 unspecified atom stereocenters. The summed E-state index contributed by atoms with van der Waals surface area (Å²) in [6.45, 7) is 0.686. The lowest BCUT2D eigenvalue weighted by molar-refractivity contribution is 0.480. The highest BCUT2D eigenvalue weighted by atomic mass is 32.2. The normalized spacial score (nSPS) is 11.6. The smallest absolute Gasteiger partial charge is 0.294 e. The van der Waals surface area contributed by atoms with Crippen LogP contribution in [0.1, 0.15) is 12.0 Å². The second kappa shape index (κ2) is 7.23. The summed E-state index contributed by atoms with van der Waals surface area (Å²) < 4.78 is 31.0. The van der Waals surface area contributed by atoms with Crippen LogP contribution >= 0.6 is 0 Å². The zero-order chi connectivity index (χ0) is 18.7. The standard InChI is InChI=1S/C19H20N2O4S/c20-15-4-3-14-10-13(11-19(22)18(14)12-15)2-1-9-21-16-5-7-17(8-6-16)26(23,24)25/h3-8,10-12,21-22H,1-2,9,20H2,(H,23,24,25). The molecule has 0 atom stereocenters. The highest BCUT2D eigenvalue weighted by molar-refractivity contribution is 7.85. The van der Waals surface area contributed by atoms with Gasteiger partial charge < -0.3 is 16.2 Å². The van der Waals surface area contributed by atoms with E-state index in [1.54, 1.807) is 24.3 Å². The first-order valence-corrected chi connectivity index (χ1v) is 9.59. The number of hydrogen-bond acceptors (Lipinski definition) is 5. The topological polar surface area (TPSA) is 113 Å². The van der Waals surface area contributed by atoms with Crippen LogP contribution in [0.15, 0.2) is 59.5 Å². The molecule has 0 aliphatic rings. The summed E-state index contributed by atoms with van der Waals surface area (Å²) >= 11 is 0. The largest absolute Gasteiger partial charge is 0.507 e. The fourth-order valence-corrected chi connectivity index (χ4v) is 3.31.